The molecule has 0 atom stereocenters. The van der Waals surface area contributed by atoms with E-state index in [0.29, 0.717) is 10.8 Å². The second-order valence-electron chi connectivity index (χ2n) is 4.11. The van der Waals surface area contributed by atoms with E-state index in [-0.39, 0.29) is 0 Å². The van der Waals surface area contributed by atoms with Crippen LogP contribution in [0, 0.1) is 6.92 Å². The van der Waals surface area contributed by atoms with Gasteiger partial charge >= 0.3 is 0 Å². The first kappa shape index (κ1) is 9.78. The number of rotatable bonds is 0. The quantitative estimate of drug-likeness (QED) is 0.491. The van der Waals surface area contributed by atoms with Crippen molar-refractivity contribution >= 4 is 39.2 Å². The Balaban J connectivity index is 2.41. The zero-order valence-electron chi connectivity index (χ0n) is 9.35. The summed E-state index contributed by atoms with van der Waals surface area (Å²) in [6.07, 6.45) is 3.40. The molecule has 0 spiro atoms. The molecule has 0 saturated carbocycles. The largest absolute Gasteiger partial charge is 0.261 e. The van der Waals surface area contributed by atoms with Gasteiger partial charge in [-0.1, -0.05) is 11.6 Å². The Morgan fingerprint density at radius 1 is 1.28 bits per heavy atom. The molecule has 4 rings (SSSR count). The van der Waals surface area contributed by atoms with Crippen molar-refractivity contribution in [2.24, 2.45) is 0 Å². The molecule has 1 N–H and O–H groups in total. The molecule has 0 aliphatic carbocycles. The van der Waals surface area contributed by atoms with Gasteiger partial charge in [-0.15, -0.1) is 0 Å². The Morgan fingerprint density at radius 3 is 3.06 bits per heavy atom. The first-order valence-electron chi connectivity index (χ1n) is 5.38. The van der Waals surface area contributed by atoms with Gasteiger partial charge in [0.15, 0.2) is 11.3 Å². The van der Waals surface area contributed by atoms with Gasteiger partial charge in [0, 0.05) is 12.3 Å². The lowest BCUT2D eigenvalue weighted by molar-refractivity contribution is 0.958. The molecule has 4 aromatic heterocycles. The summed E-state index contributed by atoms with van der Waals surface area (Å²) in [5, 5.41) is 13.3. The fraction of sp³-hybridized carbons (Fsp3) is 0.0909. The van der Waals surface area contributed by atoms with Gasteiger partial charge in [-0.25, -0.2) is 14.5 Å². The molecule has 7 heteroatoms. The molecule has 88 valence electrons. The monoisotopic (exact) mass is 258 g/mol. The first-order valence-corrected chi connectivity index (χ1v) is 5.75. The second-order valence-corrected chi connectivity index (χ2v) is 4.47. The van der Waals surface area contributed by atoms with Crippen LogP contribution in [0.1, 0.15) is 5.69 Å². The van der Waals surface area contributed by atoms with Crippen molar-refractivity contribution in [3.63, 3.8) is 0 Å². The SMILES string of the molecule is Cc1cc2nc(Cl)c3cnc4[nH]ncc4c3n2n1. The Bertz CT molecular complexity index is 906. The van der Waals surface area contributed by atoms with Gasteiger partial charge in [-0.2, -0.15) is 10.2 Å². The molecule has 0 unspecified atom stereocenters. The van der Waals surface area contributed by atoms with E-state index in [9.17, 15) is 0 Å². The molecule has 0 aliphatic rings. The van der Waals surface area contributed by atoms with Crippen molar-refractivity contribution in [2.75, 3.05) is 0 Å². The van der Waals surface area contributed by atoms with Gasteiger partial charge in [0.25, 0.3) is 0 Å². The van der Waals surface area contributed by atoms with E-state index < -0.39 is 0 Å². The number of hydrogen-bond acceptors (Lipinski definition) is 4. The molecule has 0 amide bonds. The van der Waals surface area contributed by atoms with Gasteiger partial charge in [-0.05, 0) is 6.92 Å². The fourth-order valence-electron chi connectivity index (χ4n) is 2.16. The summed E-state index contributed by atoms with van der Waals surface area (Å²) in [5.74, 6) is 0. The molecule has 0 radical (unpaired) electrons. The summed E-state index contributed by atoms with van der Waals surface area (Å²) in [6, 6.07) is 1.89. The smallest absolute Gasteiger partial charge is 0.157 e. The van der Waals surface area contributed by atoms with E-state index in [2.05, 4.69) is 25.3 Å². The van der Waals surface area contributed by atoms with E-state index in [1.54, 1.807) is 16.9 Å². The molecule has 0 aromatic carbocycles. The van der Waals surface area contributed by atoms with Gasteiger partial charge in [0.2, 0.25) is 0 Å². The highest BCUT2D eigenvalue weighted by Gasteiger charge is 2.13. The predicted molar refractivity (Wildman–Crippen MR) is 67.7 cm³/mol. The summed E-state index contributed by atoms with van der Waals surface area (Å²) in [5.41, 5.74) is 3.19. The van der Waals surface area contributed by atoms with Gasteiger partial charge in [0.1, 0.15) is 5.15 Å². The van der Waals surface area contributed by atoms with Gasteiger partial charge < -0.3 is 0 Å². The Morgan fingerprint density at radius 2 is 2.17 bits per heavy atom. The first-order chi connectivity index (χ1) is 8.74. The van der Waals surface area contributed by atoms with Crippen LogP contribution >= 0.6 is 11.6 Å². The Hall–Kier alpha value is -2.21. The minimum atomic E-state index is 0.424. The minimum absolute atomic E-state index is 0.424. The van der Waals surface area contributed by atoms with Crippen LogP contribution in [0.15, 0.2) is 18.5 Å². The lowest BCUT2D eigenvalue weighted by atomic mass is 10.2. The Labute approximate surface area is 106 Å². The van der Waals surface area contributed by atoms with Crippen molar-refractivity contribution < 1.29 is 0 Å². The van der Waals surface area contributed by atoms with Crippen molar-refractivity contribution in [1.29, 1.82) is 0 Å². The summed E-state index contributed by atoms with van der Waals surface area (Å²) in [7, 11) is 0. The highest BCUT2D eigenvalue weighted by atomic mass is 35.5. The number of nitrogens with zero attached hydrogens (tertiary/aromatic N) is 5. The normalized spacial score (nSPS) is 11.9. The molecular weight excluding hydrogens is 252 g/mol. The van der Waals surface area contributed by atoms with E-state index in [0.717, 1.165) is 27.6 Å². The van der Waals surface area contributed by atoms with Crippen LogP contribution < -0.4 is 0 Å². The number of nitrogens with one attached hydrogen (secondary N) is 1. The van der Waals surface area contributed by atoms with E-state index in [4.69, 9.17) is 11.6 Å². The maximum absolute atomic E-state index is 6.19. The topological polar surface area (TPSA) is 71.8 Å². The van der Waals surface area contributed by atoms with Crippen LogP contribution in [-0.4, -0.2) is 29.8 Å². The highest BCUT2D eigenvalue weighted by molar-refractivity contribution is 6.35. The standard InChI is InChI=1S/C11H7ClN6/c1-5-2-8-15-10(12)6-3-13-11-7(4-14-16-11)9(6)18(8)17-5/h2-4H,1H3,(H,13,14,16). The molecule has 18 heavy (non-hydrogen) atoms. The van der Waals surface area contributed by atoms with Crippen LogP contribution in [0.2, 0.25) is 5.15 Å². The van der Waals surface area contributed by atoms with E-state index in [1.807, 2.05) is 13.0 Å². The second kappa shape index (κ2) is 3.17. The molecule has 4 aromatic rings. The fourth-order valence-corrected chi connectivity index (χ4v) is 2.38. The number of aryl methyl sites for hydroxylation is 1. The van der Waals surface area contributed by atoms with E-state index in [1.165, 1.54) is 0 Å². The summed E-state index contributed by atoms with van der Waals surface area (Å²) < 4.78 is 1.77. The summed E-state index contributed by atoms with van der Waals surface area (Å²) in [4.78, 5) is 8.57. The van der Waals surface area contributed by atoms with Crippen molar-refractivity contribution in [2.45, 2.75) is 6.92 Å². The third-order valence-corrected chi connectivity index (χ3v) is 3.20. The molecule has 6 nitrogen and oxygen atoms in total. The minimum Gasteiger partial charge on any atom is -0.261 e. The van der Waals surface area contributed by atoms with Crippen LogP contribution in [0.25, 0.3) is 27.6 Å². The maximum atomic E-state index is 6.19. The van der Waals surface area contributed by atoms with Crippen molar-refractivity contribution in [3.05, 3.63) is 29.3 Å². The van der Waals surface area contributed by atoms with Crippen LogP contribution in [0.4, 0.5) is 0 Å². The molecule has 0 saturated heterocycles. The number of hydrogen-bond donors (Lipinski definition) is 1. The number of H-pyrrole nitrogens is 1. The highest BCUT2D eigenvalue weighted by Crippen LogP contribution is 2.27. The number of aromatic amines is 1. The van der Waals surface area contributed by atoms with Crippen LogP contribution in [-0.2, 0) is 0 Å². The zero-order chi connectivity index (χ0) is 12.3. The summed E-state index contributed by atoms with van der Waals surface area (Å²) >= 11 is 6.19. The molecule has 0 bridgehead atoms. The third kappa shape index (κ3) is 1.12. The number of pyridine rings is 1. The molecule has 0 aliphatic heterocycles. The lowest BCUT2D eigenvalue weighted by Gasteiger charge is -2.03. The molecule has 0 fully saturated rings. The number of halogens is 1. The van der Waals surface area contributed by atoms with E-state index >= 15 is 0 Å². The number of aromatic nitrogens is 6. The molecule has 4 heterocycles. The lowest BCUT2D eigenvalue weighted by Crippen LogP contribution is -1.96. The van der Waals surface area contributed by atoms with Gasteiger partial charge in [0.05, 0.1) is 28.2 Å². The number of fused-ring (bicyclic) bond motifs is 5. The average Bonchev–Trinajstić information content (AvgIpc) is 2.93. The summed E-state index contributed by atoms with van der Waals surface area (Å²) in [6.45, 7) is 1.92. The van der Waals surface area contributed by atoms with Crippen LogP contribution in [0.5, 0.6) is 0 Å². The van der Waals surface area contributed by atoms with Crippen molar-refractivity contribution in [3.8, 4) is 0 Å². The maximum Gasteiger partial charge on any atom is 0.157 e. The average molecular weight is 259 g/mol. The van der Waals surface area contributed by atoms with Crippen molar-refractivity contribution in [1.82, 2.24) is 29.8 Å². The zero-order valence-corrected chi connectivity index (χ0v) is 10.1. The third-order valence-electron chi connectivity index (χ3n) is 2.91. The molecular formula is C11H7ClN6. The van der Waals surface area contributed by atoms with Crippen LogP contribution in [0.3, 0.4) is 0 Å². The Kier molecular flexibility index (Phi) is 1.72. The predicted octanol–water partition coefficient (Wildman–Crippen LogP) is 2.12. The van der Waals surface area contributed by atoms with Gasteiger partial charge in [-0.3, -0.25) is 5.10 Å².